The molecule has 0 aliphatic carbocycles. The zero-order chi connectivity index (χ0) is 14.2. The molecule has 20 heavy (non-hydrogen) atoms. The van der Waals surface area contributed by atoms with E-state index in [1.54, 1.807) is 12.1 Å². The molecule has 1 aromatic carbocycles. The number of ether oxygens (including phenoxy) is 1. The average molecular weight is 275 g/mol. The summed E-state index contributed by atoms with van der Waals surface area (Å²) in [5, 5.41) is 10.5. The lowest BCUT2D eigenvalue weighted by atomic mass is 9.87. The van der Waals surface area contributed by atoms with Crippen LogP contribution >= 0.6 is 0 Å². The van der Waals surface area contributed by atoms with Crippen LogP contribution in [0.5, 0.6) is 0 Å². The maximum absolute atomic E-state index is 12.3. The Morgan fingerprint density at radius 2 is 1.95 bits per heavy atom. The highest BCUT2D eigenvalue weighted by molar-refractivity contribution is 5.80. The van der Waals surface area contributed by atoms with Crippen molar-refractivity contribution in [2.24, 2.45) is 5.92 Å². The summed E-state index contributed by atoms with van der Waals surface area (Å²) in [6.45, 7) is 3.49. The maximum atomic E-state index is 12.3. The van der Waals surface area contributed by atoms with Gasteiger partial charge in [-0.25, -0.2) is 4.79 Å². The van der Waals surface area contributed by atoms with E-state index in [-0.39, 0.29) is 6.23 Å². The zero-order valence-corrected chi connectivity index (χ0v) is 11.8. The molecule has 1 N–H and O–H groups in total. The highest BCUT2D eigenvalue weighted by atomic mass is 16.6. The van der Waals surface area contributed by atoms with Crippen LogP contribution in [0.15, 0.2) is 30.3 Å². The van der Waals surface area contributed by atoms with E-state index in [0.717, 1.165) is 19.5 Å². The molecule has 0 spiro atoms. The molecule has 4 nitrogen and oxygen atoms in total. The van der Waals surface area contributed by atoms with Gasteiger partial charge in [0.05, 0.1) is 0 Å². The molecule has 3 heterocycles. The molecule has 3 aliphatic heterocycles. The van der Waals surface area contributed by atoms with Gasteiger partial charge in [-0.3, -0.25) is 4.90 Å². The third-order valence-corrected chi connectivity index (χ3v) is 4.57. The van der Waals surface area contributed by atoms with E-state index >= 15 is 0 Å². The van der Waals surface area contributed by atoms with Crippen LogP contribution in [-0.4, -0.2) is 35.3 Å². The topological polar surface area (TPSA) is 49.8 Å². The molecule has 4 rings (SSSR count). The van der Waals surface area contributed by atoms with E-state index in [1.165, 1.54) is 19.8 Å². The van der Waals surface area contributed by atoms with Crippen LogP contribution in [0.25, 0.3) is 0 Å². The lowest BCUT2D eigenvalue weighted by Gasteiger charge is -2.45. The minimum absolute atomic E-state index is 0.162. The fraction of sp³-hybridized carbons (Fsp3) is 0.562. The summed E-state index contributed by atoms with van der Waals surface area (Å²) in [5.74, 6) is 0.112. The van der Waals surface area contributed by atoms with Crippen LogP contribution < -0.4 is 0 Å². The number of piperidine rings is 3. The quantitative estimate of drug-likeness (QED) is 0.856. The monoisotopic (exact) mass is 275 g/mol. The van der Waals surface area contributed by atoms with Gasteiger partial charge in [0.1, 0.15) is 0 Å². The van der Waals surface area contributed by atoms with Crippen LogP contribution in [0.2, 0.25) is 0 Å². The summed E-state index contributed by atoms with van der Waals surface area (Å²) < 4.78 is 5.58. The predicted octanol–water partition coefficient (Wildman–Crippen LogP) is 1.88. The van der Waals surface area contributed by atoms with E-state index in [9.17, 15) is 9.90 Å². The van der Waals surface area contributed by atoms with E-state index in [1.807, 2.05) is 18.2 Å². The smallest absolute Gasteiger partial charge is 0.344 e. The second kappa shape index (κ2) is 5.19. The SMILES string of the molecule is CC(O)(C(=O)OC1CC2CCN1CC2)c1ccccc1. The van der Waals surface area contributed by atoms with Gasteiger partial charge in [0.25, 0.3) is 0 Å². The predicted molar refractivity (Wildman–Crippen MR) is 74.8 cm³/mol. The Bertz CT molecular complexity index is 478. The van der Waals surface area contributed by atoms with Gasteiger partial charge in [-0.1, -0.05) is 30.3 Å². The molecular formula is C16H21NO3. The first-order chi connectivity index (χ1) is 9.57. The van der Waals surface area contributed by atoms with Crippen molar-refractivity contribution in [3.63, 3.8) is 0 Å². The van der Waals surface area contributed by atoms with E-state index in [0.29, 0.717) is 11.5 Å². The first kappa shape index (κ1) is 13.6. The standard InChI is InChI=1S/C16H21NO3/c1-16(19,13-5-3-2-4-6-13)15(18)20-14-11-12-7-9-17(14)10-8-12/h2-6,12,14,19H,7-11H2,1H3. The molecule has 108 valence electrons. The molecule has 0 saturated carbocycles. The Morgan fingerprint density at radius 3 is 2.50 bits per heavy atom. The molecule has 2 unspecified atom stereocenters. The van der Waals surface area contributed by atoms with Gasteiger partial charge in [0, 0.05) is 19.5 Å². The number of aliphatic hydroxyl groups is 1. The molecule has 0 aromatic heterocycles. The van der Waals surface area contributed by atoms with Gasteiger partial charge >= 0.3 is 5.97 Å². The molecule has 3 saturated heterocycles. The molecule has 3 aliphatic rings. The van der Waals surface area contributed by atoms with Crippen LogP contribution in [0, 0.1) is 5.92 Å². The highest BCUT2D eigenvalue weighted by Gasteiger charge is 2.40. The van der Waals surface area contributed by atoms with Gasteiger partial charge in [0.15, 0.2) is 11.8 Å². The number of fused-ring (bicyclic) bond motifs is 3. The number of rotatable bonds is 3. The third-order valence-electron chi connectivity index (χ3n) is 4.57. The van der Waals surface area contributed by atoms with Crippen molar-refractivity contribution in [1.82, 2.24) is 4.90 Å². The summed E-state index contributed by atoms with van der Waals surface area (Å²) in [4.78, 5) is 14.5. The number of carbonyl (C=O) groups excluding carboxylic acids is 1. The number of nitrogens with zero attached hydrogens (tertiary/aromatic N) is 1. The van der Waals surface area contributed by atoms with Crippen LogP contribution in [0.4, 0.5) is 0 Å². The van der Waals surface area contributed by atoms with Crippen molar-refractivity contribution in [1.29, 1.82) is 0 Å². The van der Waals surface area contributed by atoms with Gasteiger partial charge in [-0.05, 0) is 31.2 Å². The molecule has 3 fully saturated rings. The van der Waals surface area contributed by atoms with Gasteiger partial charge < -0.3 is 9.84 Å². The largest absolute Gasteiger partial charge is 0.444 e. The molecule has 0 radical (unpaired) electrons. The number of esters is 1. The Kier molecular flexibility index (Phi) is 3.52. The number of carbonyl (C=O) groups is 1. The van der Waals surface area contributed by atoms with Crippen LogP contribution in [0.1, 0.15) is 31.7 Å². The van der Waals surface area contributed by atoms with Crippen molar-refractivity contribution in [3.05, 3.63) is 35.9 Å². The Morgan fingerprint density at radius 1 is 1.30 bits per heavy atom. The number of benzene rings is 1. The summed E-state index contributed by atoms with van der Waals surface area (Å²) in [6.07, 6.45) is 3.13. The summed E-state index contributed by atoms with van der Waals surface area (Å²) in [5.41, 5.74) is -1.01. The summed E-state index contributed by atoms with van der Waals surface area (Å²) in [6, 6.07) is 8.96. The lowest BCUT2D eigenvalue weighted by molar-refractivity contribution is -0.190. The van der Waals surface area contributed by atoms with Crippen molar-refractivity contribution >= 4 is 5.97 Å². The zero-order valence-electron chi connectivity index (χ0n) is 11.8. The van der Waals surface area contributed by atoms with Gasteiger partial charge in [-0.15, -0.1) is 0 Å². The second-order valence-corrected chi connectivity index (χ2v) is 6.01. The molecule has 1 aromatic rings. The van der Waals surface area contributed by atoms with Crippen LogP contribution in [-0.2, 0) is 15.1 Å². The third kappa shape index (κ3) is 2.45. The van der Waals surface area contributed by atoms with Crippen molar-refractivity contribution in [2.75, 3.05) is 13.1 Å². The van der Waals surface area contributed by atoms with E-state index in [4.69, 9.17) is 4.74 Å². The van der Waals surface area contributed by atoms with Crippen molar-refractivity contribution < 1.29 is 14.6 Å². The fourth-order valence-corrected chi connectivity index (χ4v) is 3.15. The van der Waals surface area contributed by atoms with E-state index < -0.39 is 11.6 Å². The molecule has 2 atom stereocenters. The molecule has 2 bridgehead atoms. The Balaban J connectivity index is 1.70. The van der Waals surface area contributed by atoms with Gasteiger partial charge in [-0.2, -0.15) is 0 Å². The lowest BCUT2D eigenvalue weighted by Crippen LogP contribution is -2.52. The fourth-order valence-electron chi connectivity index (χ4n) is 3.15. The summed E-state index contributed by atoms with van der Waals surface area (Å²) in [7, 11) is 0. The molecule has 4 heteroatoms. The van der Waals surface area contributed by atoms with Crippen molar-refractivity contribution in [2.45, 2.75) is 38.0 Å². The second-order valence-electron chi connectivity index (χ2n) is 6.01. The number of hydrogen-bond donors (Lipinski definition) is 1. The first-order valence-corrected chi connectivity index (χ1v) is 7.30. The normalized spacial score (nSPS) is 31.6. The van der Waals surface area contributed by atoms with Crippen LogP contribution in [0.3, 0.4) is 0 Å². The minimum atomic E-state index is -1.58. The number of hydrogen-bond acceptors (Lipinski definition) is 4. The van der Waals surface area contributed by atoms with Gasteiger partial charge in [0.2, 0.25) is 0 Å². The Labute approximate surface area is 119 Å². The molecular weight excluding hydrogens is 254 g/mol. The molecule has 0 amide bonds. The van der Waals surface area contributed by atoms with E-state index in [2.05, 4.69) is 4.90 Å². The maximum Gasteiger partial charge on any atom is 0.344 e. The Hall–Kier alpha value is -1.39. The van der Waals surface area contributed by atoms with Crippen molar-refractivity contribution in [3.8, 4) is 0 Å². The average Bonchev–Trinajstić information content (AvgIpc) is 2.49. The minimum Gasteiger partial charge on any atom is -0.444 e. The highest BCUT2D eigenvalue weighted by Crippen LogP contribution is 2.33. The summed E-state index contributed by atoms with van der Waals surface area (Å²) >= 11 is 0. The first-order valence-electron chi connectivity index (χ1n) is 7.30.